The summed E-state index contributed by atoms with van der Waals surface area (Å²) in [7, 11) is 0. The van der Waals surface area contributed by atoms with Crippen molar-refractivity contribution >= 4 is 29.8 Å². The van der Waals surface area contributed by atoms with Gasteiger partial charge in [-0.25, -0.2) is 9.59 Å². The van der Waals surface area contributed by atoms with Crippen LogP contribution in [0.15, 0.2) is 43.2 Å². The van der Waals surface area contributed by atoms with E-state index in [2.05, 4.69) is 27.8 Å². The minimum absolute atomic E-state index is 0.0222. The maximum absolute atomic E-state index is 12.9. The average molecular weight is 549 g/mol. The molecule has 216 valence electrons. The van der Waals surface area contributed by atoms with Gasteiger partial charge in [0.25, 0.3) is 0 Å². The molecule has 39 heavy (non-hydrogen) atoms. The summed E-state index contributed by atoms with van der Waals surface area (Å²) in [4.78, 5) is 62.0. The summed E-state index contributed by atoms with van der Waals surface area (Å²) < 4.78 is 9.85. The zero-order chi connectivity index (χ0) is 29.4. The number of hydrogen-bond donors (Lipinski definition) is 5. The van der Waals surface area contributed by atoms with Gasteiger partial charge in [-0.3, -0.25) is 14.4 Å². The molecule has 0 aliphatic heterocycles. The lowest BCUT2D eigenvalue weighted by Gasteiger charge is -2.26. The smallest absolute Gasteiger partial charge is 0.407 e. The van der Waals surface area contributed by atoms with Crippen molar-refractivity contribution in [2.45, 2.75) is 65.3 Å². The normalized spacial score (nSPS) is 13.0. The molecule has 0 radical (unpaired) electrons. The third-order valence-corrected chi connectivity index (χ3v) is 5.42. The van der Waals surface area contributed by atoms with Gasteiger partial charge in [0.2, 0.25) is 17.7 Å². The van der Waals surface area contributed by atoms with Crippen molar-refractivity contribution in [3.05, 3.63) is 48.7 Å². The van der Waals surface area contributed by atoms with E-state index >= 15 is 0 Å². The minimum atomic E-state index is -1.37. The van der Waals surface area contributed by atoms with Gasteiger partial charge in [-0.05, 0) is 23.8 Å². The van der Waals surface area contributed by atoms with Crippen molar-refractivity contribution in [3.8, 4) is 0 Å². The van der Waals surface area contributed by atoms with Gasteiger partial charge in [0, 0.05) is 13.0 Å². The Morgan fingerprint density at radius 3 is 2.15 bits per heavy atom. The van der Waals surface area contributed by atoms with E-state index in [4.69, 9.17) is 9.47 Å². The average Bonchev–Trinajstić information content (AvgIpc) is 2.88. The van der Waals surface area contributed by atoms with Crippen LogP contribution >= 0.6 is 0 Å². The molecule has 12 heteroatoms. The van der Waals surface area contributed by atoms with Crippen LogP contribution in [0.1, 0.15) is 46.1 Å². The van der Waals surface area contributed by atoms with Crippen LogP contribution < -0.4 is 21.3 Å². The topological polar surface area (TPSA) is 172 Å². The summed E-state index contributed by atoms with van der Waals surface area (Å²) >= 11 is 0. The quantitative estimate of drug-likeness (QED) is 0.151. The maximum Gasteiger partial charge on any atom is 0.407 e. The molecule has 1 rings (SSSR count). The van der Waals surface area contributed by atoms with Crippen LogP contribution in [0.2, 0.25) is 0 Å². The summed E-state index contributed by atoms with van der Waals surface area (Å²) in [6.45, 7) is 9.74. The minimum Gasteiger partial charge on any atom is -0.445 e. The molecular formula is C27H40N4O8. The molecule has 1 aromatic rings. The molecular weight excluding hydrogens is 508 g/mol. The van der Waals surface area contributed by atoms with E-state index < -0.39 is 54.5 Å². The Hall–Kier alpha value is -3.93. The van der Waals surface area contributed by atoms with Gasteiger partial charge in [0.15, 0.2) is 0 Å². The molecule has 4 amide bonds. The number of nitrogens with one attached hydrogen (secondary N) is 4. The van der Waals surface area contributed by atoms with Gasteiger partial charge in [0.1, 0.15) is 24.7 Å². The van der Waals surface area contributed by atoms with Crippen LogP contribution in [0.4, 0.5) is 4.79 Å². The fraction of sp³-hybridized carbons (Fsp3) is 0.519. The number of carbonyl (C=O) groups excluding carboxylic acids is 5. The van der Waals surface area contributed by atoms with Gasteiger partial charge in [-0.2, -0.15) is 0 Å². The number of amides is 4. The van der Waals surface area contributed by atoms with Crippen molar-refractivity contribution in [1.82, 2.24) is 21.3 Å². The van der Waals surface area contributed by atoms with Gasteiger partial charge in [0.05, 0.1) is 12.9 Å². The fourth-order valence-electron chi connectivity index (χ4n) is 3.41. The zero-order valence-electron chi connectivity index (χ0n) is 22.9. The number of aliphatic hydroxyl groups is 1. The summed E-state index contributed by atoms with van der Waals surface area (Å²) in [5.41, 5.74) is 0.818. The lowest BCUT2D eigenvalue weighted by Crippen LogP contribution is -2.58. The van der Waals surface area contributed by atoms with E-state index in [0.717, 1.165) is 11.8 Å². The second kappa shape index (κ2) is 17.6. The van der Waals surface area contributed by atoms with Gasteiger partial charge >= 0.3 is 12.1 Å². The van der Waals surface area contributed by atoms with Crippen LogP contribution in [0.25, 0.3) is 0 Å². The SMILES string of the molecule is C=COC(=O)[C@H](CC(C)C)NC(=O)[C@H](CO)NC(=O)[C@@H](NC(=O)CCNC(=O)OCc1ccccc1)C(C)C. The van der Waals surface area contributed by atoms with Crippen LogP contribution in [-0.4, -0.2) is 66.2 Å². The molecule has 0 spiro atoms. The monoisotopic (exact) mass is 548 g/mol. The molecule has 0 saturated heterocycles. The second-order valence-electron chi connectivity index (χ2n) is 9.57. The molecule has 5 N–H and O–H groups in total. The number of rotatable bonds is 16. The Morgan fingerprint density at radius 1 is 0.949 bits per heavy atom. The summed E-state index contributed by atoms with van der Waals surface area (Å²) in [5.74, 6) is -3.05. The predicted octanol–water partition coefficient (Wildman–Crippen LogP) is 1.14. The lowest BCUT2D eigenvalue weighted by atomic mass is 10.0. The van der Waals surface area contributed by atoms with E-state index in [0.29, 0.717) is 0 Å². The zero-order valence-corrected chi connectivity index (χ0v) is 22.9. The molecule has 12 nitrogen and oxygen atoms in total. The van der Waals surface area contributed by atoms with Crippen molar-refractivity contribution in [2.24, 2.45) is 11.8 Å². The number of ether oxygens (including phenoxy) is 2. The predicted molar refractivity (Wildman–Crippen MR) is 143 cm³/mol. The number of hydrogen-bond acceptors (Lipinski definition) is 8. The number of aliphatic hydroxyl groups excluding tert-OH is 1. The van der Waals surface area contributed by atoms with E-state index in [9.17, 15) is 29.1 Å². The lowest BCUT2D eigenvalue weighted by molar-refractivity contribution is -0.143. The Kier molecular flexibility index (Phi) is 14.9. The fourth-order valence-corrected chi connectivity index (χ4v) is 3.41. The Labute approximate surface area is 228 Å². The molecule has 1 aromatic carbocycles. The van der Waals surface area contributed by atoms with Gasteiger partial charge < -0.3 is 35.8 Å². The first-order valence-electron chi connectivity index (χ1n) is 12.7. The van der Waals surface area contributed by atoms with E-state index in [1.807, 2.05) is 44.2 Å². The first-order valence-corrected chi connectivity index (χ1v) is 12.7. The summed E-state index contributed by atoms with van der Waals surface area (Å²) in [5, 5.41) is 19.7. The van der Waals surface area contributed by atoms with Crippen molar-refractivity contribution < 1.29 is 38.6 Å². The van der Waals surface area contributed by atoms with E-state index in [1.54, 1.807) is 13.8 Å². The van der Waals surface area contributed by atoms with Gasteiger partial charge in [-0.1, -0.05) is 64.6 Å². The van der Waals surface area contributed by atoms with Crippen LogP contribution in [0.3, 0.4) is 0 Å². The summed E-state index contributed by atoms with van der Waals surface area (Å²) in [6.07, 6.45) is 0.410. The highest BCUT2D eigenvalue weighted by molar-refractivity contribution is 5.93. The highest BCUT2D eigenvalue weighted by Crippen LogP contribution is 2.08. The van der Waals surface area contributed by atoms with Crippen molar-refractivity contribution in [3.63, 3.8) is 0 Å². The Balaban J connectivity index is 2.62. The molecule has 0 aliphatic carbocycles. The number of carbonyl (C=O) groups is 5. The van der Waals surface area contributed by atoms with Crippen molar-refractivity contribution in [1.29, 1.82) is 0 Å². The van der Waals surface area contributed by atoms with E-state index in [1.165, 1.54) is 0 Å². The highest BCUT2D eigenvalue weighted by Gasteiger charge is 2.31. The second-order valence-corrected chi connectivity index (χ2v) is 9.57. The molecule has 0 bridgehead atoms. The van der Waals surface area contributed by atoms with Crippen molar-refractivity contribution in [2.75, 3.05) is 13.2 Å². The maximum atomic E-state index is 12.9. The van der Waals surface area contributed by atoms with Crippen LogP contribution in [0.5, 0.6) is 0 Å². The summed E-state index contributed by atoms with van der Waals surface area (Å²) in [6, 6.07) is 5.70. The Morgan fingerprint density at radius 2 is 1.59 bits per heavy atom. The molecule has 0 unspecified atom stereocenters. The standard InChI is InChI=1S/C27H40N4O8/c1-6-38-26(36)20(14-17(2)3)29-24(34)21(15-32)30-25(35)23(18(4)5)31-22(33)12-13-28-27(37)39-16-19-10-8-7-9-11-19/h6-11,17-18,20-21,23,32H,1,12-16H2,2-5H3,(H,28,37)(H,29,34)(H,30,35)(H,31,33)/t20-,21-,23-/m0/s1. The number of alkyl carbamates (subject to hydrolysis) is 1. The largest absolute Gasteiger partial charge is 0.445 e. The molecule has 0 aliphatic rings. The highest BCUT2D eigenvalue weighted by atomic mass is 16.5. The van der Waals surface area contributed by atoms with Gasteiger partial charge in [-0.15, -0.1) is 0 Å². The van der Waals surface area contributed by atoms with Crippen LogP contribution in [0, 0.1) is 11.8 Å². The first kappa shape index (κ1) is 33.1. The third kappa shape index (κ3) is 12.9. The van der Waals surface area contributed by atoms with E-state index in [-0.39, 0.29) is 37.8 Å². The molecule has 0 heterocycles. The molecule has 3 atom stereocenters. The first-order chi connectivity index (χ1) is 18.5. The number of esters is 1. The van der Waals surface area contributed by atoms with Crippen LogP contribution in [-0.2, 0) is 35.3 Å². The third-order valence-electron chi connectivity index (χ3n) is 5.42. The Bertz CT molecular complexity index is 968. The number of benzene rings is 1. The molecule has 0 fully saturated rings. The molecule has 0 saturated carbocycles. The molecule has 0 aromatic heterocycles.